The molecular formula is C21H17ClN2OS2. The van der Waals surface area contributed by atoms with E-state index in [2.05, 4.69) is 41.5 Å². The van der Waals surface area contributed by atoms with Crippen LogP contribution in [-0.4, -0.2) is 10.9 Å². The van der Waals surface area contributed by atoms with Crippen molar-refractivity contribution in [3.63, 3.8) is 0 Å². The smallest absolute Gasteiger partial charge is 0.269 e. The summed E-state index contributed by atoms with van der Waals surface area (Å²) in [6, 6.07) is 14.3. The van der Waals surface area contributed by atoms with Gasteiger partial charge >= 0.3 is 0 Å². The lowest BCUT2D eigenvalue weighted by molar-refractivity contribution is 0.103. The second-order valence-corrected chi connectivity index (χ2v) is 8.58. The van der Waals surface area contributed by atoms with Crippen LogP contribution in [0.3, 0.4) is 0 Å². The monoisotopic (exact) mass is 412 g/mol. The standard InChI is InChI=1S/C21H17ClN2OS2/c1-3-13-5-7-14(8-6-13)16-11-26-21(23-16)24-20(25)19-18(22)15-9-4-12(2)10-17(15)27-19/h4-11H,3H2,1-2H3,(H,23,24,25). The second kappa shape index (κ2) is 7.43. The number of benzene rings is 2. The zero-order valence-corrected chi connectivity index (χ0v) is 17.3. The van der Waals surface area contributed by atoms with Crippen LogP contribution in [0.5, 0.6) is 0 Å². The molecule has 4 aromatic rings. The third-order valence-corrected chi connectivity index (χ3v) is 6.79. The van der Waals surface area contributed by atoms with Crippen molar-refractivity contribution in [2.75, 3.05) is 5.32 Å². The molecule has 1 amide bonds. The van der Waals surface area contributed by atoms with Gasteiger partial charge in [0.25, 0.3) is 5.91 Å². The largest absolute Gasteiger partial charge is 0.297 e. The van der Waals surface area contributed by atoms with Crippen LogP contribution in [-0.2, 0) is 6.42 Å². The lowest BCUT2D eigenvalue weighted by atomic mass is 10.1. The number of nitrogens with one attached hydrogen (secondary N) is 1. The Labute approximate surface area is 170 Å². The summed E-state index contributed by atoms with van der Waals surface area (Å²) in [5.41, 5.74) is 4.33. The number of aromatic nitrogens is 1. The Kier molecular flexibility index (Phi) is 5.00. The third kappa shape index (κ3) is 3.63. The van der Waals surface area contributed by atoms with E-state index in [0.717, 1.165) is 33.3 Å². The molecule has 1 N–H and O–H groups in total. The average Bonchev–Trinajstić information content (AvgIpc) is 3.26. The van der Waals surface area contributed by atoms with E-state index in [1.807, 2.05) is 30.5 Å². The molecule has 2 aromatic carbocycles. The van der Waals surface area contributed by atoms with Gasteiger partial charge in [-0.2, -0.15) is 0 Å². The Morgan fingerprint density at radius 1 is 1.19 bits per heavy atom. The van der Waals surface area contributed by atoms with Gasteiger partial charge in [0.2, 0.25) is 0 Å². The summed E-state index contributed by atoms with van der Waals surface area (Å²) in [7, 11) is 0. The summed E-state index contributed by atoms with van der Waals surface area (Å²) in [5, 5.41) is 6.81. The summed E-state index contributed by atoms with van der Waals surface area (Å²) in [6.45, 7) is 4.16. The van der Waals surface area contributed by atoms with E-state index in [0.29, 0.717) is 15.0 Å². The topological polar surface area (TPSA) is 42.0 Å². The van der Waals surface area contributed by atoms with Gasteiger partial charge in [-0.3, -0.25) is 10.1 Å². The molecule has 0 atom stereocenters. The minimum Gasteiger partial charge on any atom is -0.297 e. The molecule has 0 unspecified atom stereocenters. The lowest BCUT2D eigenvalue weighted by Crippen LogP contribution is -2.10. The maximum absolute atomic E-state index is 12.7. The SMILES string of the molecule is CCc1ccc(-c2csc(NC(=O)c3sc4cc(C)ccc4c3Cl)n2)cc1. The van der Waals surface area contributed by atoms with E-state index in [1.54, 1.807) is 0 Å². The average molecular weight is 413 g/mol. The molecule has 2 aromatic heterocycles. The van der Waals surface area contributed by atoms with Crippen molar-refractivity contribution in [2.24, 2.45) is 0 Å². The molecule has 0 saturated heterocycles. The molecule has 27 heavy (non-hydrogen) atoms. The van der Waals surface area contributed by atoms with E-state index < -0.39 is 0 Å². The van der Waals surface area contributed by atoms with E-state index in [-0.39, 0.29) is 5.91 Å². The molecule has 136 valence electrons. The quantitative estimate of drug-likeness (QED) is 0.400. The zero-order chi connectivity index (χ0) is 19.0. The first kappa shape index (κ1) is 18.2. The number of thiophene rings is 1. The highest BCUT2D eigenvalue weighted by Gasteiger charge is 2.18. The number of thiazole rings is 1. The first-order valence-electron chi connectivity index (χ1n) is 8.60. The van der Waals surface area contributed by atoms with Crippen molar-refractivity contribution in [1.82, 2.24) is 4.98 Å². The predicted octanol–water partition coefficient (Wildman–Crippen LogP) is 6.80. The number of rotatable bonds is 4. The maximum Gasteiger partial charge on any atom is 0.269 e. The molecule has 6 heteroatoms. The molecule has 0 saturated carbocycles. The number of hydrogen-bond donors (Lipinski definition) is 1. The van der Waals surface area contributed by atoms with Gasteiger partial charge in [0.15, 0.2) is 5.13 Å². The zero-order valence-electron chi connectivity index (χ0n) is 14.9. The van der Waals surface area contributed by atoms with Gasteiger partial charge in [0, 0.05) is 21.0 Å². The number of aryl methyl sites for hydroxylation is 2. The molecule has 0 aliphatic rings. The number of fused-ring (bicyclic) bond motifs is 1. The molecule has 0 aliphatic heterocycles. The predicted molar refractivity (Wildman–Crippen MR) is 116 cm³/mol. The van der Waals surface area contributed by atoms with Gasteiger partial charge < -0.3 is 0 Å². The number of halogens is 1. The Bertz CT molecular complexity index is 1130. The van der Waals surface area contributed by atoms with Crippen molar-refractivity contribution < 1.29 is 4.79 Å². The van der Waals surface area contributed by atoms with E-state index in [4.69, 9.17) is 11.6 Å². The molecule has 0 aliphatic carbocycles. The minimum atomic E-state index is -0.221. The number of nitrogens with zero attached hydrogens (tertiary/aromatic N) is 1. The van der Waals surface area contributed by atoms with Gasteiger partial charge in [-0.25, -0.2) is 4.98 Å². The number of hydrogen-bond acceptors (Lipinski definition) is 4. The highest BCUT2D eigenvalue weighted by atomic mass is 35.5. The van der Waals surface area contributed by atoms with Crippen LogP contribution in [0.15, 0.2) is 47.8 Å². The van der Waals surface area contributed by atoms with Crippen molar-refractivity contribution in [3.05, 3.63) is 68.9 Å². The Morgan fingerprint density at radius 2 is 1.96 bits per heavy atom. The molecule has 0 radical (unpaired) electrons. The minimum absolute atomic E-state index is 0.221. The van der Waals surface area contributed by atoms with Crippen LogP contribution in [0.2, 0.25) is 5.02 Å². The fourth-order valence-corrected chi connectivity index (χ4v) is 5.07. The fourth-order valence-electron chi connectivity index (χ4n) is 2.85. The van der Waals surface area contributed by atoms with Crippen LogP contribution in [0.4, 0.5) is 5.13 Å². The Morgan fingerprint density at radius 3 is 2.70 bits per heavy atom. The van der Waals surface area contributed by atoms with Crippen molar-refractivity contribution in [3.8, 4) is 11.3 Å². The van der Waals surface area contributed by atoms with Crippen molar-refractivity contribution in [1.29, 1.82) is 0 Å². The molecule has 0 fully saturated rings. The number of anilines is 1. The summed E-state index contributed by atoms with van der Waals surface area (Å²) >= 11 is 9.25. The second-order valence-electron chi connectivity index (χ2n) is 6.29. The summed E-state index contributed by atoms with van der Waals surface area (Å²) < 4.78 is 1.01. The molecule has 0 spiro atoms. The van der Waals surface area contributed by atoms with Gasteiger partial charge in [-0.1, -0.05) is 54.9 Å². The Hall–Kier alpha value is -2.21. The van der Waals surface area contributed by atoms with Gasteiger partial charge in [-0.15, -0.1) is 22.7 Å². The van der Waals surface area contributed by atoms with Crippen LogP contribution in [0.1, 0.15) is 27.7 Å². The van der Waals surface area contributed by atoms with Crippen LogP contribution >= 0.6 is 34.3 Å². The van der Waals surface area contributed by atoms with Gasteiger partial charge in [0.1, 0.15) is 4.88 Å². The maximum atomic E-state index is 12.7. The number of carbonyl (C=O) groups is 1. The third-order valence-electron chi connectivity index (χ3n) is 4.37. The molecule has 0 bridgehead atoms. The van der Waals surface area contributed by atoms with Crippen LogP contribution in [0.25, 0.3) is 21.3 Å². The highest BCUT2D eigenvalue weighted by Crippen LogP contribution is 2.36. The van der Waals surface area contributed by atoms with E-state index >= 15 is 0 Å². The normalized spacial score (nSPS) is 11.1. The molecule has 4 rings (SSSR count). The van der Waals surface area contributed by atoms with Crippen LogP contribution < -0.4 is 5.32 Å². The summed E-state index contributed by atoms with van der Waals surface area (Å²) in [6.07, 6.45) is 1.01. The van der Waals surface area contributed by atoms with Crippen molar-refractivity contribution in [2.45, 2.75) is 20.3 Å². The van der Waals surface area contributed by atoms with Crippen LogP contribution in [0, 0.1) is 6.92 Å². The van der Waals surface area contributed by atoms with E-state index in [1.165, 1.54) is 28.2 Å². The number of carbonyl (C=O) groups excluding carboxylic acids is 1. The first-order valence-corrected chi connectivity index (χ1v) is 10.7. The molecular weight excluding hydrogens is 396 g/mol. The summed E-state index contributed by atoms with van der Waals surface area (Å²) in [4.78, 5) is 17.8. The highest BCUT2D eigenvalue weighted by molar-refractivity contribution is 7.22. The first-order chi connectivity index (χ1) is 13.0. The lowest BCUT2D eigenvalue weighted by Gasteiger charge is -2.00. The molecule has 2 heterocycles. The fraction of sp³-hybridized carbons (Fsp3) is 0.143. The summed E-state index contributed by atoms with van der Waals surface area (Å²) in [5.74, 6) is -0.221. The van der Waals surface area contributed by atoms with E-state index in [9.17, 15) is 4.79 Å². The van der Waals surface area contributed by atoms with Gasteiger partial charge in [0.05, 0.1) is 10.7 Å². The van der Waals surface area contributed by atoms with Crippen molar-refractivity contribution >= 4 is 55.4 Å². The Balaban J connectivity index is 1.56. The number of amides is 1. The molecule has 3 nitrogen and oxygen atoms in total. The van der Waals surface area contributed by atoms with Gasteiger partial charge in [-0.05, 0) is 30.5 Å².